The van der Waals surface area contributed by atoms with Crippen molar-refractivity contribution in [3.05, 3.63) is 60.9 Å². The van der Waals surface area contributed by atoms with Crippen LogP contribution in [-0.2, 0) is 0 Å². The van der Waals surface area contributed by atoms with Gasteiger partial charge in [0, 0.05) is 25.2 Å². The molecule has 0 unspecified atom stereocenters. The first-order chi connectivity index (χ1) is 13.4. The molecule has 8 nitrogen and oxygen atoms in total. The lowest BCUT2D eigenvalue weighted by molar-refractivity contribution is 1.17. The van der Waals surface area contributed by atoms with Crippen LogP contribution in [0, 0.1) is 10.8 Å². The molecule has 6 N–H and O–H groups in total. The van der Waals surface area contributed by atoms with Gasteiger partial charge in [0.15, 0.2) is 11.9 Å². The summed E-state index contributed by atoms with van der Waals surface area (Å²) in [6.45, 7) is 0. The molecule has 0 atom stereocenters. The van der Waals surface area contributed by atoms with E-state index in [1.165, 1.54) is 0 Å². The van der Waals surface area contributed by atoms with Crippen LogP contribution in [0.1, 0.15) is 0 Å². The zero-order chi connectivity index (χ0) is 20.3. The number of nitrogens with two attached hydrogens (primary N) is 2. The molecule has 8 heteroatoms. The molecule has 0 spiro atoms. The van der Waals surface area contributed by atoms with E-state index in [0.717, 1.165) is 33.9 Å². The molecule has 0 aliphatic rings. The molecule has 142 valence electrons. The summed E-state index contributed by atoms with van der Waals surface area (Å²) in [5.74, 6) is -0.0705. The van der Waals surface area contributed by atoms with E-state index in [1.807, 2.05) is 48.5 Å². The van der Waals surface area contributed by atoms with Crippen LogP contribution in [-0.4, -0.2) is 36.0 Å². The van der Waals surface area contributed by atoms with Crippen molar-refractivity contribution in [2.75, 3.05) is 23.9 Å². The second-order valence-electron chi connectivity index (χ2n) is 6.27. The lowest BCUT2D eigenvalue weighted by Gasteiger charge is -2.16. The summed E-state index contributed by atoms with van der Waals surface area (Å²) >= 11 is 0. The third kappa shape index (κ3) is 3.90. The van der Waals surface area contributed by atoms with Crippen molar-refractivity contribution in [2.45, 2.75) is 0 Å². The third-order valence-electron chi connectivity index (χ3n) is 4.47. The van der Waals surface area contributed by atoms with Gasteiger partial charge in [-0.3, -0.25) is 20.8 Å². The van der Waals surface area contributed by atoms with E-state index in [0.29, 0.717) is 0 Å². The van der Waals surface area contributed by atoms with Crippen LogP contribution in [0.4, 0.5) is 11.4 Å². The van der Waals surface area contributed by atoms with Gasteiger partial charge >= 0.3 is 0 Å². The van der Waals surface area contributed by atoms with E-state index in [2.05, 4.69) is 9.97 Å². The summed E-state index contributed by atoms with van der Waals surface area (Å²) < 4.78 is 0. The highest BCUT2D eigenvalue weighted by atomic mass is 15.2. The standard InChI is InChI=1S/C20H22N8/c1-27(19(21)22)15-7-9-17(25-11-15)13-3-5-14(6-4-13)18-10-8-16(12-26-18)28(2)20(23)24/h3-12H,1-2H3,(H3,21,22)(H3,23,24). The number of anilines is 2. The van der Waals surface area contributed by atoms with Crippen LogP contribution < -0.4 is 21.3 Å². The quantitative estimate of drug-likeness (QED) is 0.410. The number of nitrogens with one attached hydrogen (secondary N) is 2. The molecule has 28 heavy (non-hydrogen) atoms. The Morgan fingerprint density at radius 1 is 0.679 bits per heavy atom. The number of nitrogens with zero attached hydrogens (tertiary/aromatic N) is 4. The Morgan fingerprint density at radius 2 is 1.04 bits per heavy atom. The average Bonchev–Trinajstić information content (AvgIpc) is 2.73. The summed E-state index contributed by atoms with van der Waals surface area (Å²) in [6, 6.07) is 15.5. The summed E-state index contributed by atoms with van der Waals surface area (Å²) in [6.07, 6.45) is 3.38. The van der Waals surface area contributed by atoms with Crippen molar-refractivity contribution in [3.8, 4) is 22.5 Å². The highest BCUT2D eigenvalue weighted by Crippen LogP contribution is 2.25. The van der Waals surface area contributed by atoms with Gasteiger partial charge in [0.25, 0.3) is 0 Å². The van der Waals surface area contributed by atoms with Crippen LogP contribution >= 0.6 is 0 Å². The summed E-state index contributed by atoms with van der Waals surface area (Å²) in [5.41, 5.74) is 16.1. The van der Waals surface area contributed by atoms with Gasteiger partial charge in [0.2, 0.25) is 0 Å². The molecule has 2 aromatic heterocycles. The molecule has 0 radical (unpaired) electrons. The van der Waals surface area contributed by atoms with Crippen LogP contribution in [0.2, 0.25) is 0 Å². The minimum atomic E-state index is -0.0353. The maximum atomic E-state index is 7.47. The first kappa shape index (κ1) is 18.8. The molecule has 0 aliphatic carbocycles. The Labute approximate surface area is 163 Å². The van der Waals surface area contributed by atoms with Gasteiger partial charge < -0.3 is 21.3 Å². The number of guanidine groups is 2. The second kappa shape index (κ2) is 7.75. The topological polar surface area (TPSA) is 132 Å². The highest BCUT2D eigenvalue weighted by molar-refractivity contribution is 5.92. The van der Waals surface area contributed by atoms with E-state index >= 15 is 0 Å². The fourth-order valence-corrected chi connectivity index (χ4v) is 2.60. The van der Waals surface area contributed by atoms with Gasteiger partial charge in [0.1, 0.15) is 0 Å². The molecular weight excluding hydrogens is 352 g/mol. The van der Waals surface area contributed by atoms with Gasteiger partial charge in [-0.2, -0.15) is 0 Å². The highest BCUT2D eigenvalue weighted by Gasteiger charge is 2.07. The zero-order valence-electron chi connectivity index (χ0n) is 15.7. The smallest absolute Gasteiger partial charge is 0.192 e. The molecule has 0 saturated carbocycles. The van der Waals surface area contributed by atoms with Crippen LogP contribution in [0.5, 0.6) is 0 Å². The Hall–Kier alpha value is -3.94. The Bertz CT molecular complexity index is 896. The number of benzene rings is 1. The Balaban J connectivity index is 1.78. The molecule has 0 fully saturated rings. The molecule has 2 heterocycles. The molecule has 0 aliphatic heterocycles. The minimum Gasteiger partial charge on any atom is -0.370 e. The molecule has 0 amide bonds. The molecular formula is C20H22N8. The fraction of sp³-hybridized carbons (Fsp3) is 0.100. The molecule has 3 rings (SSSR count). The number of pyridine rings is 2. The minimum absolute atomic E-state index is 0.0353. The van der Waals surface area contributed by atoms with Gasteiger partial charge in [-0.05, 0) is 24.3 Å². The van der Waals surface area contributed by atoms with Crippen molar-refractivity contribution < 1.29 is 0 Å². The lowest BCUT2D eigenvalue weighted by Crippen LogP contribution is -2.32. The largest absolute Gasteiger partial charge is 0.370 e. The van der Waals surface area contributed by atoms with Crippen LogP contribution in [0.25, 0.3) is 22.5 Å². The van der Waals surface area contributed by atoms with E-state index < -0.39 is 0 Å². The molecule has 1 aromatic carbocycles. The predicted molar refractivity (Wildman–Crippen MR) is 114 cm³/mol. The number of hydrogen-bond acceptors (Lipinski definition) is 4. The van der Waals surface area contributed by atoms with Crippen molar-refractivity contribution in [2.24, 2.45) is 11.5 Å². The van der Waals surface area contributed by atoms with Gasteiger partial charge in [0.05, 0.1) is 35.2 Å². The summed E-state index contributed by atoms with van der Waals surface area (Å²) in [7, 11) is 3.44. The number of hydrogen-bond donors (Lipinski definition) is 4. The number of aromatic nitrogens is 2. The molecule has 0 bridgehead atoms. The van der Waals surface area contributed by atoms with Crippen molar-refractivity contribution in [1.29, 1.82) is 10.8 Å². The van der Waals surface area contributed by atoms with Crippen LogP contribution in [0.15, 0.2) is 60.9 Å². The Morgan fingerprint density at radius 3 is 1.29 bits per heavy atom. The molecule has 0 saturated heterocycles. The summed E-state index contributed by atoms with van der Waals surface area (Å²) in [5, 5.41) is 14.9. The third-order valence-corrected chi connectivity index (χ3v) is 4.47. The van der Waals surface area contributed by atoms with Gasteiger partial charge in [-0.1, -0.05) is 24.3 Å². The van der Waals surface area contributed by atoms with Crippen molar-refractivity contribution >= 4 is 23.3 Å². The predicted octanol–water partition coefficient (Wildman–Crippen LogP) is 2.47. The van der Waals surface area contributed by atoms with Gasteiger partial charge in [-0.15, -0.1) is 0 Å². The molecule has 3 aromatic rings. The van der Waals surface area contributed by atoms with Gasteiger partial charge in [-0.25, -0.2) is 0 Å². The Kier molecular flexibility index (Phi) is 5.21. The lowest BCUT2D eigenvalue weighted by atomic mass is 10.1. The SMILES string of the molecule is CN(C(=N)N)c1ccc(-c2ccc(-c3ccc(N(C)C(=N)N)cn3)cc2)nc1. The first-order valence-corrected chi connectivity index (χ1v) is 8.55. The monoisotopic (exact) mass is 374 g/mol. The second-order valence-corrected chi connectivity index (χ2v) is 6.27. The van der Waals surface area contributed by atoms with Crippen molar-refractivity contribution in [3.63, 3.8) is 0 Å². The number of rotatable bonds is 4. The van der Waals surface area contributed by atoms with E-state index in [1.54, 1.807) is 36.3 Å². The maximum Gasteiger partial charge on any atom is 0.192 e. The van der Waals surface area contributed by atoms with E-state index in [-0.39, 0.29) is 11.9 Å². The van der Waals surface area contributed by atoms with E-state index in [9.17, 15) is 0 Å². The van der Waals surface area contributed by atoms with E-state index in [4.69, 9.17) is 22.3 Å². The van der Waals surface area contributed by atoms with Crippen molar-refractivity contribution in [1.82, 2.24) is 9.97 Å². The first-order valence-electron chi connectivity index (χ1n) is 8.55. The average molecular weight is 374 g/mol. The normalized spacial score (nSPS) is 10.4. The maximum absolute atomic E-state index is 7.47. The summed E-state index contributed by atoms with van der Waals surface area (Å²) in [4.78, 5) is 12.0. The zero-order valence-corrected chi connectivity index (χ0v) is 15.7. The fourth-order valence-electron chi connectivity index (χ4n) is 2.60. The van der Waals surface area contributed by atoms with Crippen LogP contribution in [0.3, 0.4) is 0 Å².